The Labute approximate surface area is 128 Å². The molecule has 2 aromatic heterocycles. The van der Waals surface area contributed by atoms with Crippen LogP contribution in [0, 0.1) is 6.92 Å². The summed E-state index contributed by atoms with van der Waals surface area (Å²) in [4.78, 5) is 8.76. The molecule has 3 aromatic rings. The van der Waals surface area contributed by atoms with Crippen LogP contribution in [0.25, 0.3) is 11.5 Å². The molecular formula is C13H11BrN4OS. The van der Waals surface area contributed by atoms with Crippen molar-refractivity contribution in [3.63, 3.8) is 0 Å². The Hall–Kier alpha value is -1.73. The maximum absolute atomic E-state index is 5.85. The zero-order chi connectivity index (χ0) is 14.1. The quantitative estimate of drug-likeness (QED) is 0.732. The maximum Gasteiger partial charge on any atom is 0.258 e. The second-order valence-electron chi connectivity index (χ2n) is 4.31. The largest absolute Gasteiger partial charge is 0.398 e. The van der Waals surface area contributed by atoms with E-state index in [1.165, 1.54) is 0 Å². The zero-order valence-corrected chi connectivity index (χ0v) is 13.0. The number of nitrogens with two attached hydrogens (primary N) is 1. The SMILES string of the molecule is Cc1csc(Cc2noc(-c3ccc(Br)c(N)c3)n2)n1. The van der Waals surface area contributed by atoms with Crippen LogP contribution in [0.5, 0.6) is 0 Å². The van der Waals surface area contributed by atoms with E-state index in [4.69, 9.17) is 10.3 Å². The monoisotopic (exact) mass is 350 g/mol. The van der Waals surface area contributed by atoms with Crippen molar-refractivity contribution in [2.24, 2.45) is 0 Å². The molecule has 2 N–H and O–H groups in total. The number of halogens is 1. The molecule has 7 heteroatoms. The van der Waals surface area contributed by atoms with E-state index in [1.54, 1.807) is 17.4 Å². The van der Waals surface area contributed by atoms with Crippen molar-refractivity contribution in [1.29, 1.82) is 0 Å². The molecular weight excluding hydrogens is 340 g/mol. The smallest absolute Gasteiger partial charge is 0.258 e. The number of hydrogen-bond acceptors (Lipinski definition) is 6. The highest BCUT2D eigenvalue weighted by Gasteiger charge is 2.11. The summed E-state index contributed by atoms with van der Waals surface area (Å²) in [5, 5.41) is 6.96. The van der Waals surface area contributed by atoms with Crippen molar-refractivity contribution in [3.8, 4) is 11.5 Å². The lowest BCUT2D eigenvalue weighted by Crippen LogP contribution is -1.91. The molecule has 0 saturated carbocycles. The van der Waals surface area contributed by atoms with Gasteiger partial charge in [-0.25, -0.2) is 4.98 Å². The van der Waals surface area contributed by atoms with Crippen LogP contribution in [-0.4, -0.2) is 15.1 Å². The molecule has 0 spiro atoms. The van der Waals surface area contributed by atoms with Gasteiger partial charge in [0.05, 0.1) is 6.42 Å². The minimum absolute atomic E-state index is 0.465. The van der Waals surface area contributed by atoms with Crippen molar-refractivity contribution in [2.45, 2.75) is 13.3 Å². The highest BCUT2D eigenvalue weighted by atomic mass is 79.9. The number of nitrogen functional groups attached to an aromatic ring is 1. The van der Waals surface area contributed by atoms with E-state index < -0.39 is 0 Å². The van der Waals surface area contributed by atoms with Crippen molar-refractivity contribution < 1.29 is 4.52 Å². The first-order valence-corrected chi connectivity index (χ1v) is 7.58. The molecule has 0 saturated heterocycles. The first kappa shape index (κ1) is 13.3. The van der Waals surface area contributed by atoms with Gasteiger partial charge in [0.2, 0.25) is 0 Å². The standard InChI is InChI=1S/C13H11BrN4OS/c1-7-6-20-12(16-7)5-11-17-13(19-18-11)8-2-3-9(14)10(15)4-8/h2-4,6H,5,15H2,1H3. The molecule has 0 bridgehead atoms. The van der Waals surface area contributed by atoms with Gasteiger partial charge in [0, 0.05) is 26.8 Å². The Kier molecular flexibility index (Phi) is 3.54. The molecule has 0 radical (unpaired) electrons. The van der Waals surface area contributed by atoms with Crippen LogP contribution in [0.3, 0.4) is 0 Å². The molecule has 3 rings (SSSR count). The third-order valence-corrected chi connectivity index (χ3v) is 4.38. The molecule has 5 nitrogen and oxygen atoms in total. The average Bonchev–Trinajstić information content (AvgIpc) is 3.03. The summed E-state index contributed by atoms with van der Waals surface area (Å²) in [5.41, 5.74) is 8.30. The van der Waals surface area contributed by atoms with Crippen molar-refractivity contribution in [2.75, 3.05) is 5.73 Å². The minimum atomic E-state index is 0.465. The Morgan fingerprint density at radius 3 is 2.90 bits per heavy atom. The van der Waals surface area contributed by atoms with Gasteiger partial charge < -0.3 is 10.3 Å². The van der Waals surface area contributed by atoms with Crippen LogP contribution >= 0.6 is 27.3 Å². The first-order chi connectivity index (χ1) is 9.61. The number of nitrogens with zero attached hydrogens (tertiary/aromatic N) is 3. The van der Waals surface area contributed by atoms with Gasteiger partial charge in [0.1, 0.15) is 5.01 Å². The Morgan fingerprint density at radius 1 is 1.35 bits per heavy atom. The van der Waals surface area contributed by atoms with E-state index in [2.05, 4.69) is 31.1 Å². The lowest BCUT2D eigenvalue weighted by molar-refractivity contribution is 0.424. The summed E-state index contributed by atoms with van der Waals surface area (Å²) in [6.45, 7) is 1.96. The molecule has 0 aliphatic carbocycles. The van der Waals surface area contributed by atoms with E-state index in [0.717, 1.165) is 20.7 Å². The van der Waals surface area contributed by atoms with Crippen LogP contribution in [-0.2, 0) is 6.42 Å². The van der Waals surface area contributed by atoms with Gasteiger partial charge in [-0.1, -0.05) is 5.16 Å². The Morgan fingerprint density at radius 2 is 2.20 bits per heavy atom. The molecule has 0 unspecified atom stereocenters. The van der Waals surface area contributed by atoms with E-state index in [1.807, 2.05) is 24.4 Å². The molecule has 0 amide bonds. The summed E-state index contributed by atoms with van der Waals surface area (Å²) in [6.07, 6.45) is 0.577. The Balaban J connectivity index is 1.84. The van der Waals surface area contributed by atoms with Crippen LogP contribution in [0.15, 0.2) is 32.6 Å². The highest BCUT2D eigenvalue weighted by Crippen LogP contribution is 2.26. The summed E-state index contributed by atoms with van der Waals surface area (Å²) in [6, 6.07) is 5.54. The van der Waals surface area contributed by atoms with Gasteiger partial charge in [-0.2, -0.15) is 4.98 Å². The van der Waals surface area contributed by atoms with E-state index in [0.29, 0.717) is 23.8 Å². The molecule has 20 heavy (non-hydrogen) atoms. The topological polar surface area (TPSA) is 77.8 Å². The van der Waals surface area contributed by atoms with Crippen molar-refractivity contribution in [1.82, 2.24) is 15.1 Å². The second-order valence-corrected chi connectivity index (χ2v) is 6.11. The van der Waals surface area contributed by atoms with Crippen LogP contribution in [0.2, 0.25) is 0 Å². The predicted octanol–water partition coefficient (Wildman–Crippen LogP) is 3.44. The van der Waals surface area contributed by atoms with Gasteiger partial charge in [-0.3, -0.25) is 0 Å². The molecule has 1 aromatic carbocycles. The fraction of sp³-hybridized carbons (Fsp3) is 0.154. The fourth-order valence-electron chi connectivity index (χ4n) is 1.74. The van der Waals surface area contributed by atoms with Gasteiger partial charge in [-0.05, 0) is 41.1 Å². The molecule has 2 heterocycles. The number of aryl methyl sites for hydroxylation is 1. The van der Waals surface area contributed by atoms with E-state index >= 15 is 0 Å². The number of hydrogen-bond donors (Lipinski definition) is 1. The third kappa shape index (κ3) is 2.73. The van der Waals surface area contributed by atoms with Crippen LogP contribution in [0.1, 0.15) is 16.5 Å². The van der Waals surface area contributed by atoms with E-state index in [9.17, 15) is 0 Å². The number of thiazole rings is 1. The van der Waals surface area contributed by atoms with Crippen molar-refractivity contribution >= 4 is 33.0 Å². The lowest BCUT2D eigenvalue weighted by Gasteiger charge is -1.99. The molecule has 0 aliphatic rings. The van der Waals surface area contributed by atoms with Crippen LogP contribution < -0.4 is 5.73 Å². The first-order valence-electron chi connectivity index (χ1n) is 5.91. The van der Waals surface area contributed by atoms with Gasteiger partial charge in [-0.15, -0.1) is 11.3 Å². The van der Waals surface area contributed by atoms with Gasteiger partial charge in [0.25, 0.3) is 5.89 Å². The number of benzene rings is 1. The normalized spacial score (nSPS) is 10.9. The van der Waals surface area contributed by atoms with Gasteiger partial charge >= 0.3 is 0 Å². The number of anilines is 1. The summed E-state index contributed by atoms with van der Waals surface area (Å²) in [5.74, 6) is 1.09. The predicted molar refractivity (Wildman–Crippen MR) is 81.5 cm³/mol. The summed E-state index contributed by atoms with van der Waals surface area (Å²) >= 11 is 4.95. The number of rotatable bonds is 3. The highest BCUT2D eigenvalue weighted by molar-refractivity contribution is 9.10. The third-order valence-electron chi connectivity index (χ3n) is 2.69. The lowest BCUT2D eigenvalue weighted by atomic mass is 10.2. The second kappa shape index (κ2) is 5.34. The molecule has 102 valence electrons. The molecule has 0 aliphatic heterocycles. The fourth-order valence-corrected chi connectivity index (χ4v) is 2.75. The minimum Gasteiger partial charge on any atom is -0.398 e. The Bertz CT molecular complexity index is 752. The number of aromatic nitrogens is 3. The summed E-state index contributed by atoms with van der Waals surface area (Å²) < 4.78 is 6.12. The maximum atomic E-state index is 5.85. The average molecular weight is 351 g/mol. The van der Waals surface area contributed by atoms with Crippen LogP contribution in [0.4, 0.5) is 5.69 Å². The zero-order valence-electron chi connectivity index (χ0n) is 10.6. The van der Waals surface area contributed by atoms with E-state index in [-0.39, 0.29) is 0 Å². The van der Waals surface area contributed by atoms with Gasteiger partial charge in [0.15, 0.2) is 5.82 Å². The summed E-state index contributed by atoms with van der Waals surface area (Å²) in [7, 11) is 0. The molecule has 0 fully saturated rings. The van der Waals surface area contributed by atoms with Crippen molar-refractivity contribution in [3.05, 3.63) is 44.6 Å². The molecule has 0 atom stereocenters.